The number of aromatic nitrogens is 2. The summed E-state index contributed by atoms with van der Waals surface area (Å²) in [6.07, 6.45) is 10.7. The summed E-state index contributed by atoms with van der Waals surface area (Å²) in [5, 5.41) is 0. The minimum absolute atomic E-state index is 0.0844. The Morgan fingerprint density at radius 1 is 1.12 bits per heavy atom. The summed E-state index contributed by atoms with van der Waals surface area (Å²) in [5.74, 6) is 7.97. The summed E-state index contributed by atoms with van der Waals surface area (Å²) in [6.45, 7) is 9.06. The second-order valence-corrected chi connectivity index (χ2v) is 10.1. The first-order valence-corrected chi connectivity index (χ1v) is 12.7. The molecule has 0 fully saturated rings. The number of esters is 1. The molecule has 170 valence electrons. The first-order valence-electron chi connectivity index (χ1n) is 11.7. The number of aryl methyl sites for hydroxylation is 1. The second kappa shape index (κ2) is 11.5. The number of carbonyl (C=O) groups is 1. The van der Waals surface area contributed by atoms with Gasteiger partial charge in [0, 0.05) is 22.9 Å². The number of fused-ring (bicyclic) bond motifs is 1. The van der Waals surface area contributed by atoms with Crippen LogP contribution in [0.1, 0.15) is 87.9 Å². The Labute approximate surface area is 197 Å². The average molecular weight is 451 g/mol. The molecule has 1 aromatic heterocycles. The van der Waals surface area contributed by atoms with Crippen LogP contribution in [0.5, 0.6) is 0 Å². The lowest BCUT2D eigenvalue weighted by Crippen LogP contribution is -2.23. The molecule has 0 amide bonds. The zero-order valence-electron chi connectivity index (χ0n) is 19.8. The molecule has 4 nitrogen and oxygen atoms in total. The third kappa shape index (κ3) is 6.59. The highest BCUT2D eigenvalue weighted by molar-refractivity contribution is 7.99. The number of ether oxygens (including phenoxy) is 1. The fourth-order valence-electron chi connectivity index (χ4n) is 3.88. The Morgan fingerprint density at radius 2 is 1.91 bits per heavy atom. The summed E-state index contributed by atoms with van der Waals surface area (Å²) < 4.78 is 4.96. The van der Waals surface area contributed by atoms with E-state index in [1.165, 1.54) is 53.9 Å². The van der Waals surface area contributed by atoms with Crippen LogP contribution in [0.4, 0.5) is 0 Å². The highest BCUT2D eigenvalue weighted by atomic mass is 32.2. The number of carbonyl (C=O) groups excluding carboxylic acids is 1. The van der Waals surface area contributed by atoms with Crippen LogP contribution in [-0.2, 0) is 27.8 Å². The van der Waals surface area contributed by atoms with Crippen molar-refractivity contribution < 1.29 is 9.53 Å². The van der Waals surface area contributed by atoms with E-state index < -0.39 is 0 Å². The molecule has 0 saturated heterocycles. The fourth-order valence-corrected chi connectivity index (χ4v) is 5.43. The van der Waals surface area contributed by atoms with E-state index in [1.54, 1.807) is 19.3 Å². The van der Waals surface area contributed by atoms with Gasteiger partial charge in [-0.3, -0.25) is 4.79 Å². The van der Waals surface area contributed by atoms with Crippen molar-refractivity contribution in [3.8, 4) is 11.8 Å². The Balaban J connectivity index is 1.84. The zero-order chi connectivity index (χ0) is 23.0. The number of hydrogen-bond acceptors (Lipinski definition) is 5. The Hall–Kier alpha value is -2.32. The van der Waals surface area contributed by atoms with E-state index in [0.29, 0.717) is 12.4 Å². The van der Waals surface area contributed by atoms with E-state index >= 15 is 0 Å². The smallest absolute Gasteiger partial charge is 0.313 e. The van der Waals surface area contributed by atoms with Crippen molar-refractivity contribution in [1.82, 2.24) is 9.97 Å². The molecule has 0 radical (unpaired) electrons. The third-order valence-corrected chi connectivity index (χ3v) is 6.93. The number of unbranched alkanes of at least 4 members (excludes halogenated alkanes) is 3. The molecule has 0 unspecified atom stereocenters. The summed E-state index contributed by atoms with van der Waals surface area (Å²) in [4.78, 5) is 21.6. The minimum atomic E-state index is -0.311. The maximum Gasteiger partial charge on any atom is 0.313 e. The lowest BCUT2D eigenvalue weighted by molar-refractivity contribution is -0.142. The molecule has 0 bridgehead atoms. The van der Waals surface area contributed by atoms with Crippen molar-refractivity contribution in [3.63, 3.8) is 0 Å². The van der Waals surface area contributed by atoms with Gasteiger partial charge in [0.15, 0.2) is 0 Å². The highest BCUT2D eigenvalue weighted by Crippen LogP contribution is 2.42. The van der Waals surface area contributed by atoms with Crippen molar-refractivity contribution in [1.29, 1.82) is 0 Å². The van der Waals surface area contributed by atoms with Crippen LogP contribution in [0.2, 0.25) is 0 Å². The molecule has 1 aromatic carbocycles. The van der Waals surface area contributed by atoms with Crippen molar-refractivity contribution in [2.75, 3.05) is 12.4 Å². The van der Waals surface area contributed by atoms with Crippen LogP contribution < -0.4 is 0 Å². The SMILES string of the molecule is CCCCCCc1cc2c(cc1C#Cc1cnc(CC(=O)OCC)nc1)C(C)(C)CCS2. The second-order valence-electron chi connectivity index (χ2n) is 8.92. The van der Waals surface area contributed by atoms with Crippen LogP contribution in [0.15, 0.2) is 29.4 Å². The normalized spacial score (nSPS) is 14.2. The maximum atomic E-state index is 11.6. The molecule has 0 spiro atoms. The molecule has 2 aromatic rings. The van der Waals surface area contributed by atoms with Gasteiger partial charge in [-0.05, 0) is 60.6 Å². The molecule has 2 heterocycles. The predicted octanol–water partition coefficient (Wildman–Crippen LogP) is 5.88. The van der Waals surface area contributed by atoms with Gasteiger partial charge >= 0.3 is 5.97 Å². The van der Waals surface area contributed by atoms with E-state index in [4.69, 9.17) is 4.74 Å². The van der Waals surface area contributed by atoms with E-state index in [-0.39, 0.29) is 17.8 Å². The van der Waals surface area contributed by atoms with Crippen LogP contribution in [0.3, 0.4) is 0 Å². The quantitative estimate of drug-likeness (QED) is 0.286. The van der Waals surface area contributed by atoms with Gasteiger partial charge in [0.25, 0.3) is 0 Å². The molecule has 3 rings (SSSR count). The number of nitrogens with zero attached hydrogens (tertiary/aromatic N) is 2. The van der Waals surface area contributed by atoms with E-state index in [9.17, 15) is 4.79 Å². The number of thioether (sulfide) groups is 1. The largest absolute Gasteiger partial charge is 0.466 e. The molecule has 0 N–H and O–H groups in total. The fraction of sp³-hybridized carbons (Fsp3) is 0.519. The van der Waals surface area contributed by atoms with Crippen LogP contribution >= 0.6 is 11.8 Å². The molecular weight excluding hydrogens is 416 g/mol. The highest BCUT2D eigenvalue weighted by Gasteiger charge is 2.28. The zero-order valence-corrected chi connectivity index (χ0v) is 20.6. The monoisotopic (exact) mass is 450 g/mol. The van der Waals surface area contributed by atoms with Gasteiger partial charge in [-0.1, -0.05) is 51.9 Å². The number of rotatable bonds is 8. The Kier molecular flexibility index (Phi) is 8.75. The molecular formula is C27H34N2O2S. The van der Waals surface area contributed by atoms with Crippen molar-refractivity contribution in [3.05, 3.63) is 52.6 Å². The first-order chi connectivity index (χ1) is 15.4. The lowest BCUT2D eigenvalue weighted by atomic mass is 9.80. The predicted molar refractivity (Wildman–Crippen MR) is 131 cm³/mol. The standard InChI is InChI=1S/C27H34N2O2S/c1-5-7-8-9-10-21-16-24-23(27(3,4)13-14-32-24)15-22(21)12-11-20-18-28-25(29-19-20)17-26(30)31-6-2/h15-16,18-19H,5-10,13-14,17H2,1-4H3. The summed E-state index contributed by atoms with van der Waals surface area (Å²) in [5.41, 5.74) is 4.80. The van der Waals surface area contributed by atoms with Crippen LogP contribution in [0, 0.1) is 11.8 Å². The van der Waals surface area contributed by atoms with E-state index in [0.717, 1.165) is 17.5 Å². The summed E-state index contributed by atoms with van der Waals surface area (Å²) >= 11 is 1.98. The Bertz CT molecular complexity index is 987. The van der Waals surface area contributed by atoms with Gasteiger partial charge in [-0.25, -0.2) is 9.97 Å². The van der Waals surface area contributed by atoms with Crippen molar-refractivity contribution in [2.24, 2.45) is 0 Å². The van der Waals surface area contributed by atoms with E-state index in [2.05, 4.69) is 54.7 Å². The molecule has 1 aliphatic heterocycles. The van der Waals surface area contributed by atoms with Gasteiger partial charge in [0.05, 0.1) is 12.2 Å². The van der Waals surface area contributed by atoms with Gasteiger partial charge in [-0.15, -0.1) is 11.8 Å². The molecule has 5 heteroatoms. The summed E-state index contributed by atoms with van der Waals surface area (Å²) in [7, 11) is 0. The van der Waals surface area contributed by atoms with Crippen molar-refractivity contribution in [2.45, 2.75) is 83.0 Å². The van der Waals surface area contributed by atoms with Crippen LogP contribution in [-0.4, -0.2) is 28.3 Å². The molecule has 32 heavy (non-hydrogen) atoms. The Morgan fingerprint density at radius 3 is 2.62 bits per heavy atom. The van der Waals surface area contributed by atoms with Gasteiger partial charge in [-0.2, -0.15) is 0 Å². The maximum absolute atomic E-state index is 11.6. The van der Waals surface area contributed by atoms with Gasteiger partial charge < -0.3 is 4.74 Å². The summed E-state index contributed by atoms with van der Waals surface area (Å²) in [6, 6.07) is 4.70. The average Bonchev–Trinajstić information content (AvgIpc) is 2.76. The third-order valence-electron chi connectivity index (χ3n) is 5.87. The minimum Gasteiger partial charge on any atom is -0.466 e. The topological polar surface area (TPSA) is 52.1 Å². The van der Waals surface area contributed by atoms with Crippen LogP contribution in [0.25, 0.3) is 0 Å². The number of hydrogen-bond donors (Lipinski definition) is 0. The molecule has 0 saturated carbocycles. The lowest BCUT2D eigenvalue weighted by Gasteiger charge is -2.32. The first kappa shape index (κ1) is 24.3. The molecule has 0 aliphatic carbocycles. The molecule has 1 aliphatic rings. The van der Waals surface area contributed by atoms with Gasteiger partial charge in [0.2, 0.25) is 0 Å². The van der Waals surface area contributed by atoms with Gasteiger partial charge in [0.1, 0.15) is 12.2 Å². The van der Waals surface area contributed by atoms with E-state index in [1.807, 2.05) is 11.8 Å². The molecule has 0 atom stereocenters. The number of benzene rings is 1. The van der Waals surface area contributed by atoms with Crippen molar-refractivity contribution >= 4 is 17.7 Å².